The summed E-state index contributed by atoms with van der Waals surface area (Å²) in [6, 6.07) is 11.5. The lowest BCUT2D eigenvalue weighted by molar-refractivity contribution is -0.141. The van der Waals surface area contributed by atoms with Gasteiger partial charge in [-0.1, -0.05) is 55.2 Å². The molecule has 0 spiro atoms. The summed E-state index contributed by atoms with van der Waals surface area (Å²) >= 11 is 12.8. The number of nitrogens with one attached hydrogen (secondary N) is 1. The van der Waals surface area contributed by atoms with Crippen LogP contribution in [0.15, 0.2) is 42.5 Å². The van der Waals surface area contributed by atoms with E-state index in [1.165, 1.54) is 9.21 Å². The Morgan fingerprint density at radius 3 is 2.19 bits per heavy atom. The zero-order valence-corrected chi connectivity index (χ0v) is 24.5. The zero-order valence-electron chi connectivity index (χ0n) is 22.1. The summed E-state index contributed by atoms with van der Waals surface area (Å²) in [6.45, 7) is 7.81. The molecule has 204 valence electrons. The monoisotopic (exact) mass is 569 g/mol. The third-order valence-electron chi connectivity index (χ3n) is 6.22. The molecule has 37 heavy (non-hydrogen) atoms. The molecule has 2 amide bonds. The Labute approximate surface area is 231 Å². The molecule has 0 aromatic heterocycles. The van der Waals surface area contributed by atoms with E-state index in [-0.39, 0.29) is 43.8 Å². The van der Waals surface area contributed by atoms with Crippen molar-refractivity contribution in [2.75, 3.05) is 17.1 Å². The topological polar surface area (TPSA) is 86.8 Å². The van der Waals surface area contributed by atoms with E-state index in [1.54, 1.807) is 36.4 Å². The van der Waals surface area contributed by atoms with Crippen LogP contribution in [0.3, 0.4) is 0 Å². The van der Waals surface area contributed by atoms with Gasteiger partial charge in [-0.05, 0) is 62.9 Å². The summed E-state index contributed by atoms with van der Waals surface area (Å²) in [5.74, 6) is -0.522. The second kappa shape index (κ2) is 14.0. The van der Waals surface area contributed by atoms with Crippen LogP contribution in [0.5, 0.6) is 0 Å². The minimum absolute atomic E-state index is 0.0416. The quantitative estimate of drug-likeness (QED) is 0.341. The standard InChI is InChI=1S/C27H37Cl2N3O4S/c1-6-20(4)30-27(34)25(7-2)31(18-22-23(28)13-9-14-24(22)29)26(33)15-10-16-32(37(5,35)36)21-12-8-11-19(3)17-21/h8-9,11-14,17,20,25H,6-7,10,15-16,18H2,1-5H3,(H,30,34)/t20-,25-/m0/s1. The smallest absolute Gasteiger partial charge is 0.243 e. The van der Waals surface area contributed by atoms with E-state index in [9.17, 15) is 18.0 Å². The maximum absolute atomic E-state index is 13.5. The number of hydrogen-bond donors (Lipinski definition) is 1. The van der Waals surface area contributed by atoms with Gasteiger partial charge in [0.15, 0.2) is 0 Å². The number of carbonyl (C=O) groups is 2. The second-order valence-corrected chi connectivity index (χ2v) is 12.0. The summed E-state index contributed by atoms with van der Waals surface area (Å²) < 4.78 is 26.3. The van der Waals surface area contributed by atoms with Crippen LogP contribution >= 0.6 is 23.2 Å². The second-order valence-electron chi connectivity index (χ2n) is 9.24. The van der Waals surface area contributed by atoms with Crippen LogP contribution in [0.4, 0.5) is 5.69 Å². The van der Waals surface area contributed by atoms with Crippen molar-refractivity contribution >= 4 is 50.7 Å². The molecule has 0 radical (unpaired) electrons. The van der Waals surface area contributed by atoms with E-state index in [1.807, 2.05) is 33.8 Å². The molecule has 0 aliphatic rings. The van der Waals surface area contributed by atoms with Gasteiger partial charge in [-0.2, -0.15) is 0 Å². The maximum Gasteiger partial charge on any atom is 0.243 e. The number of anilines is 1. The minimum Gasteiger partial charge on any atom is -0.352 e. The largest absolute Gasteiger partial charge is 0.352 e. The third-order valence-corrected chi connectivity index (χ3v) is 8.12. The van der Waals surface area contributed by atoms with Crippen molar-refractivity contribution in [1.29, 1.82) is 0 Å². The Morgan fingerprint density at radius 1 is 1.03 bits per heavy atom. The Morgan fingerprint density at radius 2 is 1.65 bits per heavy atom. The summed E-state index contributed by atoms with van der Waals surface area (Å²) in [6.07, 6.45) is 2.62. The molecule has 0 saturated carbocycles. The molecule has 7 nitrogen and oxygen atoms in total. The minimum atomic E-state index is -3.55. The number of aryl methyl sites for hydroxylation is 1. The molecular weight excluding hydrogens is 533 g/mol. The van der Waals surface area contributed by atoms with Gasteiger partial charge in [0.05, 0.1) is 11.9 Å². The molecule has 0 unspecified atom stereocenters. The molecule has 0 aliphatic carbocycles. The predicted molar refractivity (Wildman–Crippen MR) is 152 cm³/mol. The average molecular weight is 571 g/mol. The van der Waals surface area contributed by atoms with Gasteiger partial charge in [0.1, 0.15) is 6.04 Å². The number of halogens is 2. The molecule has 10 heteroatoms. The van der Waals surface area contributed by atoms with Crippen molar-refractivity contribution in [3.63, 3.8) is 0 Å². The number of carbonyl (C=O) groups excluding carboxylic acids is 2. The van der Waals surface area contributed by atoms with Crippen LogP contribution in [-0.2, 0) is 26.2 Å². The first-order chi connectivity index (χ1) is 17.4. The third kappa shape index (κ3) is 8.90. The number of nitrogens with zero attached hydrogens (tertiary/aromatic N) is 2. The van der Waals surface area contributed by atoms with Crippen LogP contribution in [0, 0.1) is 6.92 Å². The number of sulfonamides is 1. The fraction of sp³-hybridized carbons (Fsp3) is 0.481. The molecule has 0 saturated heterocycles. The highest BCUT2D eigenvalue weighted by Gasteiger charge is 2.30. The zero-order chi connectivity index (χ0) is 27.8. The molecule has 1 N–H and O–H groups in total. The van der Waals surface area contributed by atoms with Crippen molar-refractivity contribution in [3.8, 4) is 0 Å². The van der Waals surface area contributed by atoms with Crippen LogP contribution in [0.1, 0.15) is 57.6 Å². The average Bonchev–Trinajstić information content (AvgIpc) is 2.82. The van der Waals surface area contributed by atoms with Crippen molar-refractivity contribution in [2.45, 2.75) is 72.0 Å². The first-order valence-corrected chi connectivity index (χ1v) is 15.1. The molecule has 2 atom stereocenters. The van der Waals surface area contributed by atoms with E-state index in [0.717, 1.165) is 18.2 Å². The fourth-order valence-corrected chi connectivity index (χ4v) is 5.48. The van der Waals surface area contributed by atoms with Gasteiger partial charge in [0.2, 0.25) is 21.8 Å². The van der Waals surface area contributed by atoms with E-state index in [4.69, 9.17) is 23.2 Å². The SMILES string of the molecule is CC[C@H](C)NC(=O)[C@H](CC)N(Cc1c(Cl)cccc1Cl)C(=O)CCCN(c1cccc(C)c1)S(C)(=O)=O. The van der Waals surface area contributed by atoms with Crippen molar-refractivity contribution in [1.82, 2.24) is 10.2 Å². The normalized spacial score (nSPS) is 13.1. The summed E-state index contributed by atoms with van der Waals surface area (Å²) in [4.78, 5) is 28.2. The first kappa shape index (κ1) is 30.9. The number of benzene rings is 2. The molecule has 0 heterocycles. The Balaban J connectivity index is 2.28. The van der Waals surface area contributed by atoms with Crippen LogP contribution in [0.25, 0.3) is 0 Å². The fourth-order valence-electron chi connectivity index (χ4n) is 4.00. The maximum atomic E-state index is 13.5. The van der Waals surface area contributed by atoms with Gasteiger partial charge in [0.25, 0.3) is 0 Å². The molecule has 2 aromatic carbocycles. The Bertz CT molecular complexity index is 1170. The summed E-state index contributed by atoms with van der Waals surface area (Å²) in [5, 5.41) is 3.78. The van der Waals surface area contributed by atoms with Crippen molar-refractivity contribution in [3.05, 3.63) is 63.6 Å². The molecule has 0 bridgehead atoms. The van der Waals surface area contributed by atoms with Crippen LogP contribution in [0.2, 0.25) is 10.0 Å². The van der Waals surface area contributed by atoms with E-state index in [2.05, 4.69) is 5.32 Å². The van der Waals surface area contributed by atoms with Gasteiger partial charge < -0.3 is 10.2 Å². The highest BCUT2D eigenvalue weighted by atomic mass is 35.5. The highest BCUT2D eigenvalue weighted by Crippen LogP contribution is 2.28. The van der Waals surface area contributed by atoms with Crippen molar-refractivity contribution < 1.29 is 18.0 Å². The Hall–Kier alpha value is -2.29. The lowest BCUT2D eigenvalue weighted by Gasteiger charge is -2.32. The highest BCUT2D eigenvalue weighted by molar-refractivity contribution is 7.92. The molecular formula is C27H37Cl2N3O4S. The van der Waals surface area contributed by atoms with E-state index in [0.29, 0.717) is 27.7 Å². The van der Waals surface area contributed by atoms with Gasteiger partial charge in [-0.3, -0.25) is 13.9 Å². The number of rotatable bonds is 13. The van der Waals surface area contributed by atoms with Gasteiger partial charge in [-0.25, -0.2) is 8.42 Å². The molecule has 0 fully saturated rings. The van der Waals surface area contributed by atoms with Crippen molar-refractivity contribution in [2.24, 2.45) is 0 Å². The van der Waals surface area contributed by atoms with Gasteiger partial charge in [0, 0.05) is 41.2 Å². The first-order valence-electron chi connectivity index (χ1n) is 12.5. The van der Waals surface area contributed by atoms with Gasteiger partial charge >= 0.3 is 0 Å². The Kier molecular flexibility index (Phi) is 11.7. The summed E-state index contributed by atoms with van der Waals surface area (Å²) in [5.41, 5.74) is 2.05. The van der Waals surface area contributed by atoms with E-state index >= 15 is 0 Å². The lowest BCUT2D eigenvalue weighted by atomic mass is 10.1. The number of amides is 2. The summed E-state index contributed by atoms with van der Waals surface area (Å²) in [7, 11) is -3.55. The molecule has 0 aliphatic heterocycles. The van der Waals surface area contributed by atoms with Gasteiger partial charge in [-0.15, -0.1) is 0 Å². The molecule has 2 aromatic rings. The lowest BCUT2D eigenvalue weighted by Crippen LogP contribution is -2.50. The number of hydrogen-bond acceptors (Lipinski definition) is 4. The van der Waals surface area contributed by atoms with Crippen LogP contribution < -0.4 is 9.62 Å². The molecule has 2 rings (SSSR count). The van der Waals surface area contributed by atoms with E-state index < -0.39 is 16.1 Å². The van der Waals surface area contributed by atoms with Crippen LogP contribution in [-0.4, -0.2) is 50.0 Å². The predicted octanol–water partition coefficient (Wildman–Crippen LogP) is 5.57.